The molecular weight excluding hydrogens is 324 g/mol. The van der Waals surface area contributed by atoms with Crippen LogP contribution in [-0.4, -0.2) is 20.4 Å². The number of benzene rings is 2. The van der Waals surface area contributed by atoms with Gasteiger partial charge in [0.2, 0.25) is 0 Å². The van der Waals surface area contributed by atoms with Gasteiger partial charge in [-0.3, -0.25) is 9.52 Å². The number of carbonyl (C=O) groups is 1. The molecule has 5 nitrogen and oxygen atoms in total. The first kappa shape index (κ1) is 18.0. The minimum absolute atomic E-state index is 0.110. The predicted octanol–water partition coefficient (Wildman–Crippen LogP) is 3.41. The Balaban J connectivity index is 2.06. The van der Waals surface area contributed by atoms with Crippen molar-refractivity contribution < 1.29 is 13.2 Å². The van der Waals surface area contributed by atoms with E-state index in [2.05, 4.69) is 17.0 Å². The molecule has 0 radical (unpaired) electrons. The van der Waals surface area contributed by atoms with Crippen LogP contribution >= 0.6 is 0 Å². The van der Waals surface area contributed by atoms with Crippen LogP contribution in [0.1, 0.15) is 37.0 Å². The molecule has 0 aromatic heterocycles. The molecular formula is C18H22N2O3S. The van der Waals surface area contributed by atoms with Gasteiger partial charge in [0, 0.05) is 17.3 Å². The fraction of sp³-hybridized carbons (Fsp3) is 0.278. The molecule has 2 aromatic carbocycles. The summed E-state index contributed by atoms with van der Waals surface area (Å²) in [5.41, 5.74) is 0.914. The van der Waals surface area contributed by atoms with E-state index < -0.39 is 10.0 Å². The van der Waals surface area contributed by atoms with Crippen molar-refractivity contribution in [2.24, 2.45) is 0 Å². The topological polar surface area (TPSA) is 75.3 Å². The molecule has 0 fully saturated rings. The molecule has 0 spiro atoms. The molecule has 0 aliphatic rings. The highest BCUT2D eigenvalue weighted by atomic mass is 32.2. The van der Waals surface area contributed by atoms with Crippen LogP contribution in [0.5, 0.6) is 0 Å². The first-order valence-corrected chi connectivity index (χ1v) is 9.39. The Labute approximate surface area is 143 Å². The molecule has 2 N–H and O–H groups in total. The minimum Gasteiger partial charge on any atom is -0.350 e. The number of rotatable bonds is 7. The average molecular weight is 346 g/mol. The van der Waals surface area contributed by atoms with Crippen molar-refractivity contribution in [3.8, 4) is 0 Å². The van der Waals surface area contributed by atoms with Crippen LogP contribution in [0.4, 0.5) is 5.69 Å². The van der Waals surface area contributed by atoms with Gasteiger partial charge < -0.3 is 5.32 Å². The van der Waals surface area contributed by atoms with Gasteiger partial charge >= 0.3 is 0 Å². The van der Waals surface area contributed by atoms with Gasteiger partial charge in [-0.15, -0.1) is 0 Å². The monoisotopic (exact) mass is 346 g/mol. The van der Waals surface area contributed by atoms with E-state index in [9.17, 15) is 13.2 Å². The fourth-order valence-electron chi connectivity index (χ4n) is 2.32. The van der Waals surface area contributed by atoms with Crippen molar-refractivity contribution >= 4 is 21.6 Å². The van der Waals surface area contributed by atoms with Gasteiger partial charge in [0.05, 0.1) is 4.90 Å². The number of anilines is 1. The third-order valence-corrected chi connectivity index (χ3v) is 4.95. The summed E-state index contributed by atoms with van der Waals surface area (Å²) >= 11 is 0. The smallest absolute Gasteiger partial charge is 0.261 e. The lowest BCUT2D eigenvalue weighted by molar-refractivity contribution is 0.0938. The van der Waals surface area contributed by atoms with Crippen molar-refractivity contribution in [2.75, 3.05) is 4.72 Å². The summed E-state index contributed by atoms with van der Waals surface area (Å²) < 4.78 is 27.0. The van der Waals surface area contributed by atoms with Gasteiger partial charge in [-0.05, 0) is 49.7 Å². The number of nitrogens with one attached hydrogen (secondary N) is 2. The summed E-state index contributed by atoms with van der Waals surface area (Å²) in [6.45, 7) is 4.03. The zero-order chi connectivity index (χ0) is 17.6. The highest BCUT2D eigenvalue weighted by Crippen LogP contribution is 2.16. The molecule has 0 unspecified atom stereocenters. The largest absolute Gasteiger partial charge is 0.350 e. The standard InChI is InChI=1S/C18H22N2O3S/c1-3-7-14(2)19-18(21)15-10-12-16(13-11-15)20-24(22,23)17-8-5-4-6-9-17/h4-6,8-14,20H,3,7H2,1-2H3,(H,19,21)/t14-/m0/s1. The molecule has 0 saturated heterocycles. The van der Waals surface area contributed by atoms with E-state index in [0.29, 0.717) is 11.3 Å². The van der Waals surface area contributed by atoms with E-state index in [1.54, 1.807) is 42.5 Å². The Morgan fingerprint density at radius 2 is 1.67 bits per heavy atom. The van der Waals surface area contributed by atoms with Crippen LogP contribution in [-0.2, 0) is 10.0 Å². The second-order valence-electron chi connectivity index (χ2n) is 5.66. The molecule has 0 bridgehead atoms. The van der Waals surface area contributed by atoms with Gasteiger partial charge in [-0.1, -0.05) is 31.5 Å². The van der Waals surface area contributed by atoms with E-state index in [0.717, 1.165) is 12.8 Å². The normalized spacial score (nSPS) is 12.4. The number of hydrogen-bond donors (Lipinski definition) is 2. The molecule has 2 aromatic rings. The molecule has 1 atom stereocenters. The third kappa shape index (κ3) is 4.83. The maximum Gasteiger partial charge on any atom is 0.261 e. The summed E-state index contributed by atoms with van der Waals surface area (Å²) in [5.74, 6) is -0.159. The van der Waals surface area contributed by atoms with Gasteiger partial charge in [0.1, 0.15) is 0 Å². The summed E-state index contributed by atoms with van der Waals surface area (Å²) in [7, 11) is -3.62. The van der Waals surface area contributed by atoms with Crippen LogP contribution in [0.2, 0.25) is 0 Å². The molecule has 0 heterocycles. The number of hydrogen-bond acceptors (Lipinski definition) is 3. The number of carbonyl (C=O) groups excluding carboxylic acids is 1. The predicted molar refractivity (Wildman–Crippen MR) is 95.5 cm³/mol. The molecule has 0 aliphatic heterocycles. The molecule has 2 rings (SSSR count). The molecule has 24 heavy (non-hydrogen) atoms. The Hall–Kier alpha value is -2.34. The molecule has 0 saturated carbocycles. The van der Waals surface area contributed by atoms with E-state index in [4.69, 9.17) is 0 Å². The number of sulfonamides is 1. The molecule has 128 valence electrons. The Kier molecular flexibility index (Phi) is 5.98. The Morgan fingerprint density at radius 3 is 2.25 bits per heavy atom. The van der Waals surface area contributed by atoms with Gasteiger partial charge in [0.25, 0.3) is 15.9 Å². The second kappa shape index (κ2) is 7.97. The minimum atomic E-state index is -3.62. The van der Waals surface area contributed by atoms with Gasteiger partial charge in [0.15, 0.2) is 0 Å². The van der Waals surface area contributed by atoms with Crippen molar-refractivity contribution in [3.63, 3.8) is 0 Å². The van der Waals surface area contributed by atoms with Crippen molar-refractivity contribution in [3.05, 3.63) is 60.2 Å². The highest BCUT2D eigenvalue weighted by molar-refractivity contribution is 7.92. The van der Waals surface area contributed by atoms with Crippen LogP contribution in [0.3, 0.4) is 0 Å². The fourth-order valence-corrected chi connectivity index (χ4v) is 3.40. The number of amides is 1. The lowest BCUT2D eigenvalue weighted by atomic mass is 10.1. The van der Waals surface area contributed by atoms with Crippen LogP contribution in [0, 0.1) is 0 Å². The molecule has 6 heteroatoms. The summed E-state index contributed by atoms with van der Waals surface area (Å²) in [5, 5.41) is 2.91. The van der Waals surface area contributed by atoms with Crippen LogP contribution in [0.25, 0.3) is 0 Å². The first-order valence-electron chi connectivity index (χ1n) is 7.91. The summed E-state index contributed by atoms with van der Waals surface area (Å²) in [6.07, 6.45) is 1.92. The Bertz CT molecular complexity index is 772. The lowest BCUT2D eigenvalue weighted by Gasteiger charge is -2.13. The van der Waals surface area contributed by atoms with Gasteiger partial charge in [-0.2, -0.15) is 0 Å². The quantitative estimate of drug-likeness (QED) is 0.807. The summed E-state index contributed by atoms with van der Waals surface area (Å²) in [4.78, 5) is 12.3. The summed E-state index contributed by atoms with van der Waals surface area (Å²) in [6, 6.07) is 14.6. The highest BCUT2D eigenvalue weighted by Gasteiger charge is 2.14. The van der Waals surface area contributed by atoms with Gasteiger partial charge in [-0.25, -0.2) is 8.42 Å². The zero-order valence-corrected chi connectivity index (χ0v) is 14.6. The van der Waals surface area contributed by atoms with Crippen LogP contribution in [0.15, 0.2) is 59.5 Å². The average Bonchev–Trinajstić information content (AvgIpc) is 2.56. The van der Waals surface area contributed by atoms with E-state index in [1.165, 1.54) is 12.1 Å². The van der Waals surface area contributed by atoms with E-state index >= 15 is 0 Å². The molecule has 0 aliphatic carbocycles. The third-order valence-electron chi connectivity index (χ3n) is 3.55. The van der Waals surface area contributed by atoms with E-state index in [-0.39, 0.29) is 16.8 Å². The van der Waals surface area contributed by atoms with Crippen molar-refractivity contribution in [1.82, 2.24) is 5.32 Å². The maximum absolute atomic E-state index is 12.2. The SMILES string of the molecule is CCC[C@H](C)NC(=O)c1ccc(NS(=O)(=O)c2ccccc2)cc1. The van der Waals surface area contributed by atoms with Crippen molar-refractivity contribution in [1.29, 1.82) is 0 Å². The maximum atomic E-state index is 12.2. The van der Waals surface area contributed by atoms with Crippen LogP contribution < -0.4 is 10.0 Å². The second-order valence-corrected chi connectivity index (χ2v) is 7.34. The first-order chi connectivity index (χ1) is 11.4. The molecule has 1 amide bonds. The Morgan fingerprint density at radius 1 is 1.04 bits per heavy atom. The van der Waals surface area contributed by atoms with Crippen molar-refractivity contribution in [2.45, 2.75) is 37.6 Å². The van der Waals surface area contributed by atoms with E-state index in [1.807, 2.05) is 6.92 Å². The lowest BCUT2D eigenvalue weighted by Crippen LogP contribution is -2.32. The zero-order valence-electron chi connectivity index (χ0n) is 13.8.